The van der Waals surface area contributed by atoms with Crippen molar-refractivity contribution in [3.05, 3.63) is 46.8 Å². The molecule has 0 aliphatic carbocycles. The van der Waals surface area contributed by atoms with Crippen LogP contribution in [0, 0.1) is 5.92 Å². The van der Waals surface area contributed by atoms with E-state index in [1.807, 2.05) is 45.0 Å². The zero-order valence-corrected chi connectivity index (χ0v) is 23.3. The van der Waals surface area contributed by atoms with E-state index in [0.29, 0.717) is 18.4 Å². The highest BCUT2D eigenvalue weighted by atomic mass is 32.2. The van der Waals surface area contributed by atoms with Gasteiger partial charge in [-0.25, -0.2) is 0 Å². The molecule has 2 aliphatic rings. The van der Waals surface area contributed by atoms with Crippen molar-refractivity contribution in [1.29, 1.82) is 0 Å². The lowest BCUT2D eigenvalue weighted by molar-refractivity contribution is -0.138. The standard InChI is InChI=1S/C26H32N4O6S2/c1-15(2)13-18(27-24(32)16-5-7-17(8-6-16)28(3)4)25(33)29-12-11-19-23(29)20(31)14-30(19)26(34)21-9-10-22(37-21)38(35)36/h5-10,15,18-19,23H,11-14H2,1-4H3,(H,27,32)(H,35,36)/p-1/t18-,19+,23-/m0/s1. The van der Waals surface area contributed by atoms with E-state index in [1.54, 1.807) is 12.1 Å². The summed E-state index contributed by atoms with van der Waals surface area (Å²) in [5.74, 6) is -1.27. The van der Waals surface area contributed by atoms with E-state index in [0.717, 1.165) is 17.0 Å². The van der Waals surface area contributed by atoms with Gasteiger partial charge in [0.25, 0.3) is 11.8 Å². The molecule has 2 saturated heterocycles. The quantitative estimate of drug-likeness (QED) is 0.489. The molecule has 4 rings (SSSR count). The number of likely N-dealkylation sites (tertiary alicyclic amines) is 2. The van der Waals surface area contributed by atoms with Crippen molar-refractivity contribution in [3.63, 3.8) is 0 Å². The van der Waals surface area contributed by atoms with Crippen molar-refractivity contribution in [1.82, 2.24) is 15.1 Å². The fraction of sp³-hybridized carbons (Fsp3) is 0.462. The molecule has 2 aromatic rings. The van der Waals surface area contributed by atoms with Crippen LogP contribution in [0.5, 0.6) is 0 Å². The van der Waals surface area contributed by atoms with Crippen LogP contribution in [-0.2, 0) is 20.7 Å². The van der Waals surface area contributed by atoms with Crippen LogP contribution in [0.2, 0.25) is 0 Å². The third-order valence-electron chi connectivity index (χ3n) is 6.88. The normalized spacial score (nSPS) is 20.4. The van der Waals surface area contributed by atoms with Gasteiger partial charge >= 0.3 is 0 Å². The summed E-state index contributed by atoms with van der Waals surface area (Å²) >= 11 is -1.59. The molecule has 3 amide bonds. The largest absolute Gasteiger partial charge is 0.768 e. The van der Waals surface area contributed by atoms with E-state index in [4.69, 9.17) is 0 Å². The minimum atomic E-state index is -2.44. The number of nitrogens with zero attached hydrogens (tertiary/aromatic N) is 3. The number of carbonyl (C=O) groups excluding carboxylic acids is 4. The number of thiophene rings is 1. The molecule has 0 bridgehead atoms. The van der Waals surface area contributed by atoms with Crippen LogP contribution in [0.15, 0.2) is 40.6 Å². The molecule has 1 aromatic heterocycles. The smallest absolute Gasteiger partial charge is 0.264 e. The topological polar surface area (TPSA) is 130 Å². The molecule has 1 N–H and O–H groups in total. The van der Waals surface area contributed by atoms with Gasteiger partial charge < -0.3 is 24.6 Å². The summed E-state index contributed by atoms with van der Waals surface area (Å²) in [5.41, 5.74) is 1.37. The van der Waals surface area contributed by atoms with E-state index in [-0.39, 0.29) is 45.7 Å². The summed E-state index contributed by atoms with van der Waals surface area (Å²) in [4.78, 5) is 57.9. The molecule has 12 heteroatoms. The van der Waals surface area contributed by atoms with E-state index < -0.39 is 35.1 Å². The second-order valence-electron chi connectivity index (χ2n) is 10.2. The number of Topliss-reactive ketones (excluding diaryl/α,β-unsaturated/α-hetero) is 1. The molecule has 38 heavy (non-hydrogen) atoms. The number of benzene rings is 1. The first-order valence-corrected chi connectivity index (χ1v) is 14.3. The lowest BCUT2D eigenvalue weighted by Gasteiger charge is -2.29. The monoisotopic (exact) mass is 559 g/mol. The molecule has 0 spiro atoms. The molecule has 0 radical (unpaired) electrons. The van der Waals surface area contributed by atoms with Crippen LogP contribution in [0.25, 0.3) is 0 Å². The molecule has 2 fully saturated rings. The van der Waals surface area contributed by atoms with Crippen LogP contribution in [0.1, 0.15) is 46.7 Å². The molecular formula is C26H31N4O6S2-. The Labute approximate surface area is 228 Å². The summed E-state index contributed by atoms with van der Waals surface area (Å²) in [6.45, 7) is 4.05. The first-order valence-electron chi connectivity index (χ1n) is 12.4. The Balaban J connectivity index is 1.49. The summed E-state index contributed by atoms with van der Waals surface area (Å²) in [5, 5.41) is 2.87. The molecule has 4 atom stereocenters. The van der Waals surface area contributed by atoms with Crippen molar-refractivity contribution in [2.75, 3.05) is 32.1 Å². The number of anilines is 1. The maximum absolute atomic E-state index is 13.7. The zero-order chi connectivity index (χ0) is 27.7. The van der Waals surface area contributed by atoms with Gasteiger partial charge in [-0.05, 0) is 66.2 Å². The number of ketones is 1. The van der Waals surface area contributed by atoms with E-state index in [1.165, 1.54) is 21.9 Å². The fourth-order valence-corrected chi connectivity index (χ4v) is 6.46. The van der Waals surface area contributed by atoms with Gasteiger partial charge in [-0.15, -0.1) is 11.3 Å². The number of fused-ring (bicyclic) bond motifs is 1. The maximum Gasteiger partial charge on any atom is 0.264 e. The van der Waals surface area contributed by atoms with Crippen LogP contribution in [-0.4, -0.2) is 87.4 Å². The van der Waals surface area contributed by atoms with Gasteiger partial charge in [0.2, 0.25) is 5.91 Å². The maximum atomic E-state index is 13.7. The van der Waals surface area contributed by atoms with E-state index >= 15 is 0 Å². The molecule has 204 valence electrons. The van der Waals surface area contributed by atoms with Crippen molar-refractivity contribution in [3.8, 4) is 0 Å². The molecule has 2 aliphatic heterocycles. The summed E-state index contributed by atoms with van der Waals surface area (Å²) in [6.07, 6.45) is 0.823. The molecule has 1 aromatic carbocycles. The SMILES string of the molecule is CC(C)C[C@H](NC(=O)c1ccc(N(C)C)cc1)C(=O)N1CC[C@@H]2[C@H]1C(=O)CN2C(=O)c1ccc(S(=O)[O-])s1. The molecular weight excluding hydrogens is 528 g/mol. The number of hydrogen-bond acceptors (Lipinski definition) is 8. The number of carbonyl (C=O) groups is 4. The number of hydrogen-bond donors (Lipinski definition) is 1. The first-order chi connectivity index (χ1) is 18.0. The lowest BCUT2D eigenvalue weighted by atomic mass is 10.0. The second-order valence-corrected chi connectivity index (χ2v) is 12.4. The Morgan fingerprint density at radius 3 is 2.39 bits per heavy atom. The van der Waals surface area contributed by atoms with E-state index in [9.17, 15) is 27.9 Å². The highest BCUT2D eigenvalue weighted by Gasteiger charge is 2.52. The number of rotatable bonds is 8. The van der Waals surface area contributed by atoms with Gasteiger partial charge in [-0.2, -0.15) is 0 Å². The minimum absolute atomic E-state index is 0.0438. The molecule has 1 unspecified atom stereocenters. The van der Waals surface area contributed by atoms with Gasteiger partial charge in [-0.1, -0.05) is 13.8 Å². The Hall–Kier alpha value is -3.09. The molecule has 3 heterocycles. The van der Waals surface area contributed by atoms with Crippen LogP contribution >= 0.6 is 11.3 Å². The summed E-state index contributed by atoms with van der Waals surface area (Å²) in [6, 6.07) is 7.76. The fourth-order valence-electron chi connectivity index (χ4n) is 5.05. The van der Waals surface area contributed by atoms with Crippen molar-refractivity contribution in [2.24, 2.45) is 5.92 Å². The van der Waals surface area contributed by atoms with Crippen molar-refractivity contribution < 1.29 is 27.9 Å². The van der Waals surface area contributed by atoms with Crippen LogP contribution in [0.4, 0.5) is 5.69 Å². The number of nitrogens with one attached hydrogen (secondary N) is 1. The Kier molecular flexibility index (Phi) is 8.34. The predicted molar refractivity (Wildman–Crippen MR) is 143 cm³/mol. The minimum Gasteiger partial charge on any atom is -0.768 e. The molecule has 10 nitrogen and oxygen atoms in total. The first kappa shape index (κ1) is 27.9. The number of amides is 3. The van der Waals surface area contributed by atoms with Crippen LogP contribution in [0.3, 0.4) is 0 Å². The average Bonchev–Trinajstić information content (AvgIpc) is 3.60. The van der Waals surface area contributed by atoms with Crippen LogP contribution < -0.4 is 10.2 Å². The summed E-state index contributed by atoms with van der Waals surface area (Å²) < 4.78 is 22.5. The summed E-state index contributed by atoms with van der Waals surface area (Å²) in [7, 11) is 3.81. The average molecular weight is 560 g/mol. The Bertz CT molecular complexity index is 1260. The Morgan fingerprint density at radius 1 is 1.13 bits per heavy atom. The van der Waals surface area contributed by atoms with Gasteiger partial charge in [-0.3, -0.25) is 23.4 Å². The molecule has 0 saturated carbocycles. The lowest BCUT2D eigenvalue weighted by Crippen LogP contribution is -2.53. The van der Waals surface area contributed by atoms with Gasteiger partial charge in [0.15, 0.2) is 5.78 Å². The second kappa shape index (κ2) is 11.3. The van der Waals surface area contributed by atoms with Gasteiger partial charge in [0.1, 0.15) is 12.1 Å². The van der Waals surface area contributed by atoms with Crippen molar-refractivity contribution >= 4 is 51.6 Å². The predicted octanol–water partition coefficient (Wildman–Crippen LogP) is 1.89. The zero-order valence-electron chi connectivity index (χ0n) is 21.7. The highest BCUT2D eigenvalue weighted by molar-refractivity contribution is 7.81. The third-order valence-corrected chi connectivity index (χ3v) is 8.87. The van der Waals surface area contributed by atoms with Crippen molar-refractivity contribution in [2.45, 2.75) is 49.0 Å². The van der Waals surface area contributed by atoms with Gasteiger partial charge in [0.05, 0.1) is 21.7 Å². The van der Waals surface area contributed by atoms with E-state index in [2.05, 4.69) is 5.32 Å². The third kappa shape index (κ3) is 5.67. The van der Waals surface area contributed by atoms with Gasteiger partial charge in [0, 0.05) is 31.9 Å². The Morgan fingerprint density at radius 2 is 1.82 bits per heavy atom. The highest BCUT2D eigenvalue weighted by Crippen LogP contribution is 2.33.